The Kier molecular flexibility index (Phi) is 4.18. The number of nitrogens with one attached hydrogen (secondary N) is 1. The third kappa shape index (κ3) is 2.68. The molecule has 2 aromatic rings. The van der Waals surface area contributed by atoms with E-state index < -0.39 is 0 Å². The topological polar surface area (TPSA) is 34.4 Å². The van der Waals surface area contributed by atoms with Gasteiger partial charge >= 0.3 is 0 Å². The average molecular weight is 233 g/mol. The van der Waals surface area contributed by atoms with E-state index in [1.165, 1.54) is 17.4 Å². The number of hydroxylamine groups is 1. The average Bonchev–Trinajstić information content (AvgIpc) is 2.71. The van der Waals surface area contributed by atoms with E-state index in [0.29, 0.717) is 6.54 Å². The summed E-state index contributed by atoms with van der Waals surface area (Å²) in [5.74, 6) is 1.08. The van der Waals surface area contributed by atoms with Gasteiger partial charge in [0, 0.05) is 17.4 Å². The van der Waals surface area contributed by atoms with Crippen molar-refractivity contribution in [1.82, 2.24) is 5.48 Å². The van der Waals surface area contributed by atoms with E-state index in [4.69, 9.17) is 9.25 Å². The molecular formula is C14H19NO2. The highest BCUT2D eigenvalue weighted by atomic mass is 16.6. The second-order valence-corrected chi connectivity index (χ2v) is 4.13. The first-order valence-corrected chi connectivity index (χ1v) is 6.12. The molecule has 0 unspecified atom stereocenters. The van der Waals surface area contributed by atoms with Crippen LogP contribution in [0.5, 0.6) is 0 Å². The molecule has 1 N–H and O–H groups in total. The van der Waals surface area contributed by atoms with Crippen LogP contribution in [-0.4, -0.2) is 7.11 Å². The van der Waals surface area contributed by atoms with Crippen molar-refractivity contribution in [3.8, 4) is 0 Å². The summed E-state index contributed by atoms with van der Waals surface area (Å²) < 4.78 is 5.90. The molecule has 0 aliphatic heterocycles. The predicted octanol–water partition coefficient (Wildman–Crippen LogP) is 3.43. The van der Waals surface area contributed by atoms with Crippen molar-refractivity contribution >= 4 is 11.0 Å². The van der Waals surface area contributed by atoms with Crippen LogP contribution < -0.4 is 5.48 Å². The molecule has 0 bridgehead atoms. The summed E-state index contributed by atoms with van der Waals surface area (Å²) in [5.41, 5.74) is 5.08. The third-order valence-corrected chi connectivity index (χ3v) is 2.93. The summed E-state index contributed by atoms with van der Waals surface area (Å²) in [6.07, 6.45) is 3.32. The van der Waals surface area contributed by atoms with Crippen molar-refractivity contribution < 1.29 is 9.25 Å². The number of rotatable bonds is 6. The number of para-hydroxylation sites is 1. The molecule has 0 atom stereocenters. The Balaban J connectivity index is 2.34. The molecule has 3 nitrogen and oxygen atoms in total. The first kappa shape index (κ1) is 12.1. The summed E-state index contributed by atoms with van der Waals surface area (Å²) in [7, 11) is 1.63. The van der Waals surface area contributed by atoms with E-state index in [1.807, 2.05) is 18.2 Å². The Bertz CT molecular complexity index is 476. The number of fused-ring (bicyclic) bond motifs is 1. The first-order valence-electron chi connectivity index (χ1n) is 6.12. The Labute approximate surface area is 102 Å². The Morgan fingerprint density at radius 3 is 2.88 bits per heavy atom. The van der Waals surface area contributed by atoms with Gasteiger partial charge in [0.2, 0.25) is 0 Å². The SMILES string of the molecule is CCCCc1oc2ccccc2c1CNOC. The third-order valence-electron chi connectivity index (χ3n) is 2.93. The fourth-order valence-electron chi connectivity index (χ4n) is 2.03. The zero-order chi connectivity index (χ0) is 12.1. The molecule has 0 spiro atoms. The van der Waals surface area contributed by atoms with Crippen LogP contribution in [0.1, 0.15) is 31.1 Å². The van der Waals surface area contributed by atoms with Crippen LogP contribution in [0.25, 0.3) is 11.0 Å². The fourth-order valence-corrected chi connectivity index (χ4v) is 2.03. The Morgan fingerprint density at radius 2 is 2.12 bits per heavy atom. The van der Waals surface area contributed by atoms with E-state index in [1.54, 1.807) is 7.11 Å². The summed E-state index contributed by atoms with van der Waals surface area (Å²) in [4.78, 5) is 4.93. The molecule has 0 radical (unpaired) electrons. The lowest BCUT2D eigenvalue weighted by atomic mass is 10.1. The molecule has 92 valence electrons. The second kappa shape index (κ2) is 5.84. The van der Waals surface area contributed by atoms with E-state index in [0.717, 1.165) is 24.2 Å². The van der Waals surface area contributed by atoms with E-state index in [9.17, 15) is 0 Å². The maximum atomic E-state index is 5.90. The maximum absolute atomic E-state index is 5.90. The van der Waals surface area contributed by atoms with Gasteiger partial charge in [-0.15, -0.1) is 0 Å². The van der Waals surface area contributed by atoms with Gasteiger partial charge in [-0.2, -0.15) is 5.48 Å². The van der Waals surface area contributed by atoms with Crippen LogP contribution in [0.15, 0.2) is 28.7 Å². The largest absolute Gasteiger partial charge is 0.461 e. The highest BCUT2D eigenvalue weighted by Crippen LogP contribution is 2.26. The van der Waals surface area contributed by atoms with Crippen molar-refractivity contribution in [3.05, 3.63) is 35.6 Å². The lowest BCUT2D eigenvalue weighted by Crippen LogP contribution is -2.11. The Hall–Kier alpha value is -1.32. The minimum Gasteiger partial charge on any atom is -0.461 e. The van der Waals surface area contributed by atoms with Crippen LogP contribution in [-0.2, 0) is 17.8 Å². The number of furan rings is 1. The van der Waals surface area contributed by atoms with Gasteiger partial charge in [0.1, 0.15) is 11.3 Å². The summed E-state index contributed by atoms with van der Waals surface area (Å²) in [6, 6.07) is 8.16. The zero-order valence-electron chi connectivity index (χ0n) is 10.5. The minimum atomic E-state index is 0.687. The number of unbranched alkanes of at least 4 members (excludes halogenated alkanes) is 1. The number of hydrogen-bond acceptors (Lipinski definition) is 3. The lowest BCUT2D eigenvalue weighted by Gasteiger charge is -2.03. The lowest BCUT2D eigenvalue weighted by molar-refractivity contribution is 0.0865. The van der Waals surface area contributed by atoms with Gasteiger partial charge in [0.25, 0.3) is 0 Å². The maximum Gasteiger partial charge on any atom is 0.134 e. The van der Waals surface area contributed by atoms with Crippen LogP contribution in [0.3, 0.4) is 0 Å². The molecule has 17 heavy (non-hydrogen) atoms. The van der Waals surface area contributed by atoms with Gasteiger partial charge in [-0.25, -0.2) is 0 Å². The molecule has 0 aliphatic carbocycles. The van der Waals surface area contributed by atoms with E-state index in [-0.39, 0.29) is 0 Å². The second-order valence-electron chi connectivity index (χ2n) is 4.13. The molecule has 0 aliphatic rings. The molecule has 0 fully saturated rings. The molecule has 2 rings (SSSR count). The van der Waals surface area contributed by atoms with Crippen molar-refractivity contribution in [3.63, 3.8) is 0 Å². The molecule has 3 heteroatoms. The van der Waals surface area contributed by atoms with E-state index >= 15 is 0 Å². The molecule has 1 heterocycles. The molecular weight excluding hydrogens is 214 g/mol. The summed E-state index contributed by atoms with van der Waals surface area (Å²) in [5, 5.41) is 1.18. The Morgan fingerprint density at radius 1 is 1.29 bits per heavy atom. The van der Waals surface area contributed by atoms with Gasteiger partial charge < -0.3 is 9.25 Å². The van der Waals surface area contributed by atoms with Gasteiger partial charge in [-0.3, -0.25) is 0 Å². The van der Waals surface area contributed by atoms with Crippen molar-refractivity contribution in [2.45, 2.75) is 32.7 Å². The quantitative estimate of drug-likeness (QED) is 0.776. The smallest absolute Gasteiger partial charge is 0.134 e. The van der Waals surface area contributed by atoms with Gasteiger partial charge in [0.05, 0.1) is 13.7 Å². The van der Waals surface area contributed by atoms with E-state index in [2.05, 4.69) is 18.5 Å². The fraction of sp³-hybridized carbons (Fsp3) is 0.429. The number of hydrogen-bond donors (Lipinski definition) is 1. The predicted molar refractivity (Wildman–Crippen MR) is 68.7 cm³/mol. The molecule has 0 amide bonds. The molecule has 1 aromatic heterocycles. The summed E-state index contributed by atoms with van der Waals surface area (Å²) >= 11 is 0. The highest BCUT2D eigenvalue weighted by Gasteiger charge is 2.12. The number of benzene rings is 1. The van der Waals surface area contributed by atoms with Crippen LogP contribution in [0.4, 0.5) is 0 Å². The van der Waals surface area contributed by atoms with Crippen molar-refractivity contribution in [2.75, 3.05) is 7.11 Å². The van der Waals surface area contributed by atoms with Crippen LogP contribution in [0.2, 0.25) is 0 Å². The molecule has 0 saturated heterocycles. The molecule has 1 aromatic carbocycles. The normalized spacial score (nSPS) is 11.2. The van der Waals surface area contributed by atoms with Crippen LogP contribution >= 0.6 is 0 Å². The summed E-state index contributed by atoms with van der Waals surface area (Å²) in [6.45, 7) is 2.88. The standard InChI is InChI=1S/C14H19NO2/c1-3-4-8-14-12(10-15-16-2)11-7-5-6-9-13(11)17-14/h5-7,9,15H,3-4,8,10H2,1-2H3. The van der Waals surface area contributed by atoms with Gasteiger partial charge in [-0.05, 0) is 12.5 Å². The van der Waals surface area contributed by atoms with Gasteiger partial charge in [0.15, 0.2) is 0 Å². The van der Waals surface area contributed by atoms with Gasteiger partial charge in [-0.1, -0.05) is 31.5 Å². The zero-order valence-corrected chi connectivity index (χ0v) is 10.5. The number of aryl methyl sites for hydroxylation is 1. The van der Waals surface area contributed by atoms with Crippen LogP contribution in [0, 0.1) is 0 Å². The monoisotopic (exact) mass is 233 g/mol. The van der Waals surface area contributed by atoms with Crippen molar-refractivity contribution in [2.24, 2.45) is 0 Å². The van der Waals surface area contributed by atoms with Crippen molar-refractivity contribution in [1.29, 1.82) is 0 Å². The first-order chi connectivity index (χ1) is 8.36. The minimum absolute atomic E-state index is 0.687. The molecule has 0 saturated carbocycles. The highest BCUT2D eigenvalue weighted by molar-refractivity contribution is 5.82.